The van der Waals surface area contributed by atoms with Gasteiger partial charge in [0.15, 0.2) is 11.6 Å². The van der Waals surface area contributed by atoms with E-state index in [-0.39, 0.29) is 17.6 Å². The van der Waals surface area contributed by atoms with Crippen LogP contribution in [0.4, 0.5) is 8.78 Å². The van der Waals surface area contributed by atoms with Gasteiger partial charge in [0.2, 0.25) is 0 Å². The van der Waals surface area contributed by atoms with Gasteiger partial charge in [-0.25, -0.2) is 8.78 Å². The lowest BCUT2D eigenvalue weighted by molar-refractivity contribution is -0.128. The molecule has 0 N–H and O–H groups in total. The third kappa shape index (κ3) is 3.25. The number of carbonyl (C=O) groups excluding carboxylic acids is 1. The van der Waals surface area contributed by atoms with Crippen molar-refractivity contribution < 1.29 is 13.6 Å². The van der Waals surface area contributed by atoms with Gasteiger partial charge < -0.3 is 0 Å². The Morgan fingerprint density at radius 1 is 1.20 bits per heavy atom. The molecule has 1 aromatic carbocycles. The smallest absolute Gasteiger partial charge is 0.159 e. The summed E-state index contributed by atoms with van der Waals surface area (Å²) in [6, 6.07) is 3.75. The molecule has 1 nitrogen and oxygen atoms in total. The molecule has 1 aliphatic rings. The van der Waals surface area contributed by atoms with Crippen LogP contribution in [0, 0.1) is 23.0 Å². The number of benzene rings is 1. The first-order chi connectivity index (χ1) is 9.43. The van der Waals surface area contributed by atoms with Crippen molar-refractivity contribution in [2.24, 2.45) is 11.3 Å². The second kappa shape index (κ2) is 6.02. The van der Waals surface area contributed by atoms with Gasteiger partial charge in [-0.05, 0) is 42.9 Å². The van der Waals surface area contributed by atoms with E-state index in [2.05, 4.69) is 13.8 Å². The van der Waals surface area contributed by atoms with Gasteiger partial charge in [0.1, 0.15) is 5.78 Å². The molecule has 0 unspecified atom stereocenters. The zero-order valence-corrected chi connectivity index (χ0v) is 12.2. The molecule has 0 atom stereocenters. The van der Waals surface area contributed by atoms with Crippen LogP contribution in [0.25, 0.3) is 0 Å². The molecule has 0 saturated heterocycles. The summed E-state index contributed by atoms with van der Waals surface area (Å²) in [6.45, 7) is 4.26. The lowest BCUT2D eigenvalue weighted by Crippen LogP contribution is -2.31. The highest BCUT2D eigenvalue weighted by atomic mass is 19.2. The van der Waals surface area contributed by atoms with Crippen molar-refractivity contribution in [3.05, 3.63) is 35.4 Å². The largest absolute Gasteiger partial charge is 0.299 e. The van der Waals surface area contributed by atoms with E-state index in [1.807, 2.05) is 0 Å². The van der Waals surface area contributed by atoms with E-state index in [4.69, 9.17) is 0 Å². The van der Waals surface area contributed by atoms with Crippen molar-refractivity contribution in [2.45, 2.75) is 52.4 Å². The molecule has 110 valence electrons. The van der Waals surface area contributed by atoms with Gasteiger partial charge >= 0.3 is 0 Å². The maximum absolute atomic E-state index is 13.2. The third-order valence-electron chi connectivity index (χ3n) is 4.30. The Kier molecular flexibility index (Phi) is 4.56. The third-order valence-corrected chi connectivity index (χ3v) is 4.30. The molecular formula is C17H22F2O. The Labute approximate surface area is 119 Å². The minimum absolute atomic E-state index is 0.190. The SMILES string of the molecule is CC(C)CC1(C(=O)Cc2ccc(F)c(F)c2)CCCC1. The van der Waals surface area contributed by atoms with Crippen LogP contribution in [0.1, 0.15) is 51.5 Å². The van der Waals surface area contributed by atoms with Crippen molar-refractivity contribution in [2.75, 3.05) is 0 Å². The fourth-order valence-corrected chi connectivity index (χ4v) is 3.45. The summed E-state index contributed by atoms with van der Waals surface area (Å²) in [5, 5.41) is 0. The molecule has 1 saturated carbocycles. The maximum Gasteiger partial charge on any atom is 0.159 e. The van der Waals surface area contributed by atoms with E-state index in [1.165, 1.54) is 6.07 Å². The summed E-state index contributed by atoms with van der Waals surface area (Å²) in [5.74, 6) is -1.07. The quantitative estimate of drug-likeness (QED) is 0.765. The number of rotatable bonds is 5. The second-order valence-electron chi connectivity index (χ2n) is 6.43. The van der Waals surface area contributed by atoms with Gasteiger partial charge in [-0.3, -0.25) is 4.79 Å². The average Bonchev–Trinajstić information content (AvgIpc) is 2.83. The number of hydrogen-bond donors (Lipinski definition) is 0. The monoisotopic (exact) mass is 280 g/mol. The van der Waals surface area contributed by atoms with Crippen molar-refractivity contribution >= 4 is 5.78 Å². The first-order valence-electron chi connectivity index (χ1n) is 7.40. The van der Waals surface area contributed by atoms with Crippen LogP contribution in [-0.4, -0.2) is 5.78 Å². The predicted octanol–water partition coefficient (Wildman–Crippen LogP) is 4.68. The zero-order chi connectivity index (χ0) is 14.8. The Bertz CT molecular complexity index is 488. The molecule has 0 aliphatic heterocycles. The number of hydrogen-bond acceptors (Lipinski definition) is 1. The van der Waals surface area contributed by atoms with Crippen LogP contribution in [0.5, 0.6) is 0 Å². The van der Waals surface area contributed by atoms with Gasteiger partial charge in [0.05, 0.1) is 0 Å². The molecule has 1 fully saturated rings. The summed E-state index contributed by atoms with van der Waals surface area (Å²) in [5.41, 5.74) is 0.336. The molecule has 0 radical (unpaired) electrons. The van der Waals surface area contributed by atoms with Crippen LogP contribution in [0.15, 0.2) is 18.2 Å². The topological polar surface area (TPSA) is 17.1 Å². The van der Waals surface area contributed by atoms with Crippen LogP contribution in [0.3, 0.4) is 0 Å². The van der Waals surface area contributed by atoms with Gasteiger partial charge in [-0.1, -0.05) is 32.8 Å². The predicted molar refractivity (Wildman–Crippen MR) is 75.4 cm³/mol. The fraction of sp³-hybridized carbons (Fsp3) is 0.588. The highest BCUT2D eigenvalue weighted by Gasteiger charge is 2.40. The second-order valence-corrected chi connectivity index (χ2v) is 6.43. The first kappa shape index (κ1) is 15.1. The molecule has 20 heavy (non-hydrogen) atoms. The van der Waals surface area contributed by atoms with Crippen LogP contribution in [0.2, 0.25) is 0 Å². The standard InChI is InChI=1S/C17H22F2O/c1-12(2)11-17(7-3-4-8-17)16(20)10-13-5-6-14(18)15(19)9-13/h5-6,9,12H,3-4,7-8,10-11H2,1-2H3. The van der Waals surface area contributed by atoms with Crippen LogP contribution in [-0.2, 0) is 11.2 Å². The van der Waals surface area contributed by atoms with Crippen molar-refractivity contribution in [3.63, 3.8) is 0 Å². The maximum atomic E-state index is 13.2. The van der Waals surface area contributed by atoms with Gasteiger partial charge in [0.25, 0.3) is 0 Å². The molecule has 1 aliphatic carbocycles. The Morgan fingerprint density at radius 2 is 1.85 bits per heavy atom. The Morgan fingerprint density at radius 3 is 2.40 bits per heavy atom. The summed E-state index contributed by atoms with van der Waals surface area (Å²) >= 11 is 0. The van der Waals surface area contributed by atoms with Gasteiger partial charge in [-0.2, -0.15) is 0 Å². The molecule has 0 bridgehead atoms. The van der Waals surface area contributed by atoms with E-state index in [9.17, 15) is 13.6 Å². The Hall–Kier alpha value is -1.25. The van der Waals surface area contributed by atoms with E-state index < -0.39 is 11.6 Å². The minimum atomic E-state index is -0.875. The summed E-state index contributed by atoms with van der Waals surface area (Å²) < 4.78 is 26.2. The highest BCUT2D eigenvalue weighted by molar-refractivity contribution is 5.87. The van der Waals surface area contributed by atoms with Gasteiger partial charge in [0, 0.05) is 11.8 Å². The van der Waals surface area contributed by atoms with Crippen molar-refractivity contribution in [1.82, 2.24) is 0 Å². The first-order valence-corrected chi connectivity index (χ1v) is 7.40. The lowest BCUT2D eigenvalue weighted by Gasteiger charge is -2.29. The van der Waals surface area contributed by atoms with E-state index in [1.54, 1.807) is 0 Å². The molecule has 1 aromatic rings. The summed E-state index contributed by atoms with van der Waals surface area (Å²) in [7, 11) is 0. The molecule has 0 amide bonds. The number of halogens is 2. The van der Waals surface area contributed by atoms with Gasteiger partial charge in [-0.15, -0.1) is 0 Å². The normalized spacial score (nSPS) is 17.6. The summed E-state index contributed by atoms with van der Waals surface area (Å²) in [4.78, 5) is 12.7. The number of ketones is 1. The van der Waals surface area contributed by atoms with Crippen LogP contribution >= 0.6 is 0 Å². The number of Topliss-reactive ketones (excluding diaryl/α,β-unsaturated/α-hetero) is 1. The molecule has 0 aromatic heterocycles. The molecule has 0 heterocycles. The highest BCUT2D eigenvalue weighted by Crippen LogP contribution is 2.44. The van der Waals surface area contributed by atoms with E-state index >= 15 is 0 Å². The molecule has 2 rings (SSSR count). The lowest BCUT2D eigenvalue weighted by atomic mass is 9.73. The number of carbonyl (C=O) groups is 1. The molecule has 3 heteroatoms. The summed E-state index contributed by atoms with van der Waals surface area (Å²) in [6.07, 6.45) is 5.17. The zero-order valence-electron chi connectivity index (χ0n) is 12.2. The molecule has 0 spiro atoms. The van der Waals surface area contributed by atoms with E-state index in [0.717, 1.165) is 44.2 Å². The van der Waals surface area contributed by atoms with Crippen molar-refractivity contribution in [1.29, 1.82) is 0 Å². The van der Waals surface area contributed by atoms with E-state index in [0.29, 0.717) is 11.5 Å². The van der Waals surface area contributed by atoms with Crippen molar-refractivity contribution in [3.8, 4) is 0 Å². The minimum Gasteiger partial charge on any atom is -0.299 e. The average molecular weight is 280 g/mol. The molecular weight excluding hydrogens is 258 g/mol. The fourth-order valence-electron chi connectivity index (χ4n) is 3.45. The Balaban J connectivity index is 2.14. The van der Waals surface area contributed by atoms with Crippen LogP contribution < -0.4 is 0 Å².